The Kier molecular flexibility index (Phi) is 6.13. The highest BCUT2D eigenvalue weighted by Gasteiger charge is 2.59. The number of rotatable bonds is 5. The van der Waals surface area contributed by atoms with Crippen molar-refractivity contribution in [2.75, 3.05) is 25.5 Å². The zero-order valence-electron chi connectivity index (χ0n) is 19.6. The van der Waals surface area contributed by atoms with E-state index in [1.165, 1.54) is 0 Å². The summed E-state index contributed by atoms with van der Waals surface area (Å²) >= 11 is 0. The topological polar surface area (TPSA) is 190 Å². The van der Waals surface area contributed by atoms with Crippen molar-refractivity contribution in [1.29, 1.82) is 0 Å². The zero-order valence-corrected chi connectivity index (χ0v) is 19.6. The monoisotopic (exact) mass is 503 g/mol. The van der Waals surface area contributed by atoms with Crippen LogP contribution in [0.5, 0.6) is 5.75 Å². The summed E-state index contributed by atoms with van der Waals surface area (Å²) in [5.41, 5.74) is 0.162. The van der Waals surface area contributed by atoms with Crippen LogP contribution in [0.15, 0.2) is 28.7 Å². The lowest BCUT2D eigenvalue weighted by Gasteiger charge is -2.45. The highest BCUT2D eigenvalue weighted by atomic mass is 19.1. The lowest BCUT2D eigenvalue weighted by atomic mass is 9.60. The number of hydrogen-bond acceptors (Lipinski definition) is 9. The van der Waals surface area contributed by atoms with Gasteiger partial charge in [0.25, 0.3) is 5.91 Å². The molecule has 11 nitrogen and oxygen atoms in total. The van der Waals surface area contributed by atoms with Gasteiger partial charge in [-0.2, -0.15) is 0 Å². The molecule has 36 heavy (non-hydrogen) atoms. The van der Waals surface area contributed by atoms with Crippen molar-refractivity contribution in [2.45, 2.75) is 31.8 Å². The van der Waals surface area contributed by atoms with Crippen LogP contribution in [0.2, 0.25) is 0 Å². The molecule has 1 aromatic rings. The summed E-state index contributed by atoms with van der Waals surface area (Å²) in [6.07, 6.45) is -0.647. The van der Waals surface area contributed by atoms with Crippen LogP contribution >= 0.6 is 0 Å². The van der Waals surface area contributed by atoms with E-state index in [0.717, 1.165) is 6.07 Å². The average Bonchev–Trinajstić information content (AvgIpc) is 2.79. The number of phenols is 1. The van der Waals surface area contributed by atoms with Gasteiger partial charge in [-0.1, -0.05) is 6.92 Å². The second-order valence-electron chi connectivity index (χ2n) is 9.40. The third kappa shape index (κ3) is 3.64. The molecule has 192 valence electrons. The predicted octanol–water partition coefficient (Wildman–Crippen LogP) is 0.610. The quantitative estimate of drug-likeness (QED) is 0.247. The van der Waals surface area contributed by atoms with Gasteiger partial charge in [0.1, 0.15) is 22.9 Å². The molecule has 3 atom stereocenters. The first kappa shape index (κ1) is 25.3. The molecular formula is C24H26FN3O8. The van der Waals surface area contributed by atoms with E-state index < -0.39 is 80.6 Å². The van der Waals surface area contributed by atoms with Crippen molar-refractivity contribution in [3.8, 4) is 5.75 Å². The van der Waals surface area contributed by atoms with Gasteiger partial charge in [0.15, 0.2) is 17.1 Å². The molecule has 0 aromatic heterocycles. The van der Waals surface area contributed by atoms with Gasteiger partial charge in [0.05, 0.1) is 17.8 Å². The van der Waals surface area contributed by atoms with E-state index in [-0.39, 0.29) is 37.1 Å². The van der Waals surface area contributed by atoms with Gasteiger partial charge in [-0.05, 0) is 32.4 Å². The maximum atomic E-state index is 15.1. The Morgan fingerprint density at radius 2 is 1.92 bits per heavy atom. The summed E-state index contributed by atoms with van der Waals surface area (Å²) in [7, 11) is 1.68. The molecule has 0 aliphatic heterocycles. The molecular weight excluding hydrogens is 477 g/mol. The summed E-state index contributed by atoms with van der Waals surface area (Å²) in [5.74, 6) is -9.47. The Labute approximate surface area is 204 Å². The van der Waals surface area contributed by atoms with E-state index in [0.29, 0.717) is 6.54 Å². The van der Waals surface area contributed by atoms with Gasteiger partial charge in [-0.3, -0.25) is 24.1 Å². The molecule has 3 aliphatic carbocycles. The SMILES string of the molecule is CCN(C)CC(=O)Nc1cc(F)c2c(c1O)C(=O)C1=C(O)[C@]3(O)C(=O)C(C(N)=O)=C(O)C[C@@H]3CC1C2. The number of allylic oxidation sites excluding steroid dienone is 2. The van der Waals surface area contributed by atoms with Gasteiger partial charge in [0.2, 0.25) is 11.7 Å². The fourth-order valence-corrected chi connectivity index (χ4v) is 5.28. The van der Waals surface area contributed by atoms with E-state index in [1.807, 2.05) is 6.92 Å². The first-order chi connectivity index (χ1) is 16.8. The number of nitrogens with zero attached hydrogens (tertiary/aromatic N) is 1. The molecule has 0 heterocycles. The molecule has 12 heteroatoms. The molecule has 2 amide bonds. The molecule has 0 bridgehead atoms. The molecule has 3 aliphatic rings. The molecule has 0 fully saturated rings. The van der Waals surface area contributed by atoms with Gasteiger partial charge in [-0.25, -0.2) is 4.39 Å². The highest BCUT2D eigenvalue weighted by Crippen LogP contribution is 2.52. The number of likely N-dealkylation sites (N-methyl/N-ethyl adjacent to an activating group) is 1. The Morgan fingerprint density at radius 1 is 1.25 bits per heavy atom. The summed E-state index contributed by atoms with van der Waals surface area (Å²) in [5, 5.41) is 45.5. The number of ketones is 2. The largest absolute Gasteiger partial charge is 0.511 e. The van der Waals surface area contributed by atoms with Crippen molar-refractivity contribution in [3.63, 3.8) is 0 Å². The lowest BCUT2D eigenvalue weighted by molar-refractivity contribution is -0.144. The van der Waals surface area contributed by atoms with E-state index in [2.05, 4.69) is 5.32 Å². The van der Waals surface area contributed by atoms with Crippen LogP contribution in [-0.2, 0) is 20.8 Å². The molecule has 0 saturated carbocycles. The predicted molar refractivity (Wildman–Crippen MR) is 123 cm³/mol. The minimum atomic E-state index is -2.71. The summed E-state index contributed by atoms with van der Waals surface area (Å²) in [6, 6.07) is 0.900. The van der Waals surface area contributed by atoms with Crippen LogP contribution in [0, 0.1) is 17.7 Å². The molecule has 0 radical (unpaired) electrons. The van der Waals surface area contributed by atoms with Crippen molar-refractivity contribution in [3.05, 3.63) is 45.7 Å². The number of anilines is 1. The summed E-state index contributed by atoms with van der Waals surface area (Å²) in [6.45, 7) is 2.32. The van der Waals surface area contributed by atoms with Crippen molar-refractivity contribution in [1.82, 2.24) is 4.90 Å². The Morgan fingerprint density at radius 3 is 2.53 bits per heavy atom. The number of nitrogens with two attached hydrogens (primary N) is 1. The summed E-state index contributed by atoms with van der Waals surface area (Å²) < 4.78 is 15.1. The molecule has 1 aromatic carbocycles. The number of benzene rings is 1. The smallest absolute Gasteiger partial charge is 0.255 e. The highest BCUT2D eigenvalue weighted by molar-refractivity contribution is 6.24. The standard InChI is InChI=1S/C24H26FN3O8/c1-3-28(2)8-15(30)27-13-7-12(25)11-5-9-4-10-6-14(29)18(23(26)35)22(34)24(10,36)21(33)16(9)20(32)17(11)19(13)31/h7,9-10,29,31,33,36H,3-6,8H2,1-2H3,(H2,26,35)(H,27,30)/t9?,10-,24-/m0/s1. The van der Waals surface area contributed by atoms with E-state index in [9.17, 15) is 39.6 Å². The fourth-order valence-electron chi connectivity index (χ4n) is 5.28. The number of phenolic OH excluding ortho intramolecular Hbond substituents is 1. The van der Waals surface area contributed by atoms with Crippen molar-refractivity contribution in [2.24, 2.45) is 17.6 Å². The zero-order chi connectivity index (χ0) is 26.7. The van der Waals surface area contributed by atoms with Crippen LogP contribution < -0.4 is 11.1 Å². The number of aliphatic hydroxyl groups is 3. The number of aromatic hydroxyl groups is 1. The second-order valence-corrected chi connectivity index (χ2v) is 9.40. The van der Waals surface area contributed by atoms with Crippen molar-refractivity contribution < 1.29 is 44.0 Å². The minimum Gasteiger partial charge on any atom is -0.511 e. The Hall–Kier alpha value is -3.77. The van der Waals surface area contributed by atoms with Crippen LogP contribution in [0.3, 0.4) is 0 Å². The molecule has 0 spiro atoms. The number of halogens is 1. The molecule has 0 saturated heterocycles. The number of fused-ring (bicyclic) bond motifs is 3. The number of carbonyl (C=O) groups excluding carboxylic acids is 4. The number of aliphatic hydroxyl groups excluding tert-OH is 2. The van der Waals surface area contributed by atoms with Crippen molar-refractivity contribution >= 4 is 29.1 Å². The first-order valence-corrected chi connectivity index (χ1v) is 11.3. The van der Waals surface area contributed by atoms with Gasteiger partial charge in [0, 0.05) is 29.5 Å². The fraction of sp³-hybridized carbons (Fsp3) is 0.417. The van der Waals surface area contributed by atoms with Crippen LogP contribution in [-0.4, -0.2) is 74.4 Å². The molecule has 4 rings (SSSR count). The van der Waals surface area contributed by atoms with Gasteiger partial charge < -0.3 is 31.5 Å². The Bertz CT molecular complexity index is 1290. The third-order valence-electron chi connectivity index (χ3n) is 7.23. The normalized spacial score (nSPS) is 25.5. The van der Waals surface area contributed by atoms with Gasteiger partial charge >= 0.3 is 0 Å². The second kappa shape index (κ2) is 8.71. The van der Waals surface area contributed by atoms with E-state index in [4.69, 9.17) is 5.73 Å². The average molecular weight is 503 g/mol. The molecule has 7 N–H and O–H groups in total. The van der Waals surface area contributed by atoms with Crippen LogP contribution in [0.4, 0.5) is 10.1 Å². The summed E-state index contributed by atoms with van der Waals surface area (Å²) in [4.78, 5) is 52.0. The van der Waals surface area contributed by atoms with E-state index >= 15 is 4.39 Å². The Balaban J connectivity index is 1.80. The lowest BCUT2D eigenvalue weighted by Crippen LogP contribution is -2.57. The number of amides is 2. The third-order valence-corrected chi connectivity index (χ3v) is 7.23. The molecule has 1 unspecified atom stereocenters. The number of hydrogen-bond donors (Lipinski definition) is 6. The number of Topliss-reactive ketones (excluding diaryl/α,β-unsaturated/α-hetero) is 2. The number of nitrogens with one attached hydrogen (secondary N) is 1. The number of carbonyl (C=O) groups is 4. The van der Waals surface area contributed by atoms with E-state index in [1.54, 1.807) is 11.9 Å². The minimum absolute atomic E-state index is 0.0598. The van der Waals surface area contributed by atoms with Crippen LogP contribution in [0.1, 0.15) is 35.7 Å². The maximum Gasteiger partial charge on any atom is 0.255 e. The first-order valence-electron chi connectivity index (χ1n) is 11.3. The number of primary amides is 1. The van der Waals surface area contributed by atoms with Crippen LogP contribution in [0.25, 0.3) is 0 Å². The maximum absolute atomic E-state index is 15.1. The van der Waals surface area contributed by atoms with Gasteiger partial charge in [-0.15, -0.1) is 0 Å².